The van der Waals surface area contributed by atoms with Crippen molar-refractivity contribution < 1.29 is 4.92 Å². The van der Waals surface area contributed by atoms with Crippen molar-refractivity contribution in [3.63, 3.8) is 0 Å². The number of hydrogen-bond acceptors (Lipinski definition) is 3. The second-order valence-corrected chi connectivity index (χ2v) is 3.11. The van der Waals surface area contributed by atoms with Gasteiger partial charge in [-0.2, -0.15) is 0 Å². The minimum Gasteiger partial charge on any atom is -0.258 e. The molecule has 0 saturated heterocycles. The Morgan fingerprint density at radius 1 is 2.00 bits per heavy atom. The van der Waals surface area contributed by atoms with Crippen molar-refractivity contribution in [2.75, 3.05) is 5.75 Å². The van der Waals surface area contributed by atoms with E-state index in [9.17, 15) is 10.1 Å². The van der Waals surface area contributed by atoms with Gasteiger partial charge in [0.2, 0.25) is 0 Å². The summed E-state index contributed by atoms with van der Waals surface area (Å²) in [5.74, 6) is 0.850. The molecule has 0 amide bonds. The molecular weight excluding hydrogens is 206 g/mol. The number of nitrogens with zero attached hydrogens (tertiary/aromatic N) is 1. The highest BCUT2D eigenvalue weighted by atomic mass is 79.9. The first kappa shape index (κ1) is 8.97. The highest BCUT2D eigenvalue weighted by molar-refractivity contribution is 9.11. The quantitative estimate of drug-likeness (QED) is 0.409. The van der Waals surface area contributed by atoms with Crippen LogP contribution in [-0.2, 0) is 0 Å². The summed E-state index contributed by atoms with van der Waals surface area (Å²) >= 11 is 4.18. The van der Waals surface area contributed by atoms with E-state index < -0.39 is 4.92 Å². The lowest BCUT2D eigenvalue weighted by Crippen LogP contribution is -1.88. The first-order chi connectivity index (χ1) is 4.18. The summed E-state index contributed by atoms with van der Waals surface area (Å²) in [6.07, 6.45) is 0. The molecule has 0 spiro atoms. The second-order valence-electron chi connectivity index (χ2n) is 1.15. The molecule has 0 aromatic carbocycles. The fraction of sp³-hybridized carbons (Fsp3) is 0.500. The fourth-order valence-corrected chi connectivity index (χ4v) is 0.982. The van der Waals surface area contributed by atoms with Crippen LogP contribution in [0.25, 0.3) is 0 Å². The summed E-state index contributed by atoms with van der Waals surface area (Å²) < 4.78 is 0.0225. The highest BCUT2D eigenvalue weighted by Crippen LogP contribution is 2.11. The molecule has 0 N–H and O–H groups in total. The molecule has 5 heteroatoms. The van der Waals surface area contributed by atoms with E-state index in [1.165, 1.54) is 17.2 Å². The molecule has 0 heterocycles. The van der Waals surface area contributed by atoms with E-state index in [4.69, 9.17) is 0 Å². The van der Waals surface area contributed by atoms with Gasteiger partial charge in [-0.15, -0.1) is 11.8 Å². The molecule has 3 nitrogen and oxygen atoms in total. The zero-order chi connectivity index (χ0) is 7.28. The van der Waals surface area contributed by atoms with Gasteiger partial charge >= 0.3 is 4.61 Å². The fourth-order valence-electron chi connectivity index (χ4n) is 0.195. The first-order valence-corrected chi connectivity index (χ1v) is 4.14. The summed E-state index contributed by atoms with van der Waals surface area (Å²) in [5.41, 5.74) is 0. The molecule has 52 valence electrons. The summed E-state index contributed by atoms with van der Waals surface area (Å²) in [5, 5.41) is 11.4. The van der Waals surface area contributed by atoms with Crippen LogP contribution in [0.5, 0.6) is 0 Å². The van der Waals surface area contributed by atoms with E-state index in [1.54, 1.807) is 0 Å². The lowest BCUT2D eigenvalue weighted by atomic mass is 11.0. The average Bonchev–Trinajstić information content (AvgIpc) is 1.82. The molecule has 0 rings (SSSR count). The molecule has 9 heavy (non-hydrogen) atoms. The maximum atomic E-state index is 9.88. The normalized spacial score (nSPS) is 11.6. The van der Waals surface area contributed by atoms with E-state index in [0.717, 1.165) is 5.75 Å². The Bertz CT molecular complexity index is 137. The van der Waals surface area contributed by atoms with Crippen LogP contribution in [-0.4, -0.2) is 10.7 Å². The summed E-state index contributed by atoms with van der Waals surface area (Å²) in [4.78, 5) is 9.41. The van der Waals surface area contributed by atoms with Crippen LogP contribution in [0, 0.1) is 10.1 Å². The molecule has 0 aliphatic carbocycles. The van der Waals surface area contributed by atoms with Crippen LogP contribution in [0.1, 0.15) is 6.92 Å². The number of halogens is 1. The Balaban J connectivity index is 3.69. The van der Waals surface area contributed by atoms with Gasteiger partial charge in [-0.05, 0) is 5.75 Å². The van der Waals surface area contributed by atoms with Crippen molar-refractivity contribution in [1.29, 1.82) is 0 Å². The third-order valence-corrected chi connectivity index (χ3v) is 2.07. The molecule has 0 aromatic rings. The molecule has 0 aliphatic rings. The van der Waals surface area contributed by atoms with Gasteiger partial charge in [0.15, 0.2) is 0 Å². The minimum atomic E-state index is -0.470. The van der Waals surface area contributed by atoms with Crippen LogP contribution >= 0.6 is 27.7 Å². The average molecular weight is 212 g/mol. The summed E-state index contributed by atoms with van der Waals surface area (Å²) in [7, 11) is 0. The molecule has 0 bridgehead atoms. The van der Waals surface area contributed by atoms with Crippen LogP contribution in [0.4, 0.5) is 0 Å². The number of thioether (sulfide) groups is 1. The first-order valence-electron chi connectivity index (χ1n) is 2.30. The van der Waals surface area contributed by atoms with Gasteiger partial charge in [0.1, 0.15) is 0 Å². The number of rotatable bonds is 3. The van der Waals surface area contributed by atoms with Crippen molar-refractivity contribution in [3.05, 3.63) is 20.1 Å². The van der Waals surface area contributed by atoms with Crippen LogP contribution in [0.3, 0.4) is 0 Å². The molecule has 0 radical (unpaired) electrons. The summed E-state index contributed by atoms with van der Waals surface area (Å²) in [6, 6.07) is 0. The van der Waals surface area contributed by atoms with Crippen LogP contribution in [0.15, 0.2) is 10.0 Å². The van der Waals surface area contributed by atoms with Crippen LogP contribution in [0.2, 0.25) is 0 Å². The molecule has 0 atom stereocenters. The van der Waals surface area contributed by atoms with E-state index >= 15 is 0 Å². The Kier molecular flexibility index (Phi) is 4.80. The lowest BCUT2D eigenvalue weighted by molar-refractivity contribution is -0.408. The molecule has 0 aromatic heterocycles. The third kappa shape index (κ3) is 4.47. The predicted octanol–water partition coefficient (Wildman–Crippen LogP) is 2.21. The number of hydrogen-bond donors (Lipinski definition) is 0. The third-order valence-electron chi connectivity index (χ3n) is 0.522. The van der Waals surface area contributed by atoms with Gasteiger partial charge < -0.3 is 0 Å². The maximum absolute atomic E-state index is 9.88. The maximum Gasteiger partial charge on any atom is 0.316 e. The Labute approximate surface area is 65.8 Å². The Morgan fingerprint density at radius 2 is 2.56 bits per heavy atom. The van der Waals surface area contributed by atoms with E-state index in [1.807, 2.05) is 6.92 Å². The van der Waals surface area contributed by atoms with Crippen molar-refractivity contribution in [3.8, 4) is 0 Å². The van der Waals surface area contributed by atoms with E-state index in [0.29, 0.717) is 0 Å². The SMILES string of the molecule is CCSC=C(Br)[N+](=O)[O-]. The van der Waals surface area contributed by atoms with Crippen molar-refractivity contribution in [2.45, 2.75) is 6.92 Å². The Morgan fingerprint density at radius 3 is 2.89 bits per heavy atom. The predicted molar refractivity (Wildman–Crippen MR) is 42.1 cm³/mol. The van der Waals surface area contributed by atoms with Crippen molar-refractivity contribution in [2.24, 2.45) is 0 Å². The van der Waals surface area contributed by atoms with Crippen molar-refractivity contribution in [1.82, 2.24) is 0 Å². The van der Waals surface area contributed by atoms with E-state index in [-0.39, 0.29) is 4.61 Å². The minimum absolute atomic E-state index is 0.0225. The highest BCUT2D eigenvalue weighted by Gasteiger charge is 2.01. The smallest absolute Gasteiger partial charge is 0.258 e. The standard InChI is InChI=1S/C4H6BrNO2S/c1-2-9-3-4(5)6(7)8/h3H,2H2,1H3. The molecule has 0 aliphatic heterocycles. The largest absolute Gasteiger partial charge is 0.316 e. The summed E-state index contributed by atoms with van der Waals surface area (Å²) in [6.45, 7) is 1.93. The monoisotopic (exact) mass is 211 g/mol. The van der Waals surface area contributed by atoms with E-state index in [2.05, 4.69) is 15.9 Å². The molecule has 0 saturated carbocycles. The van der Waals surface area contributed by atoms with Gasteiger partial charge in [0.05, 0.1) is 10.3 Å². The zero-order valence-corrected chi connectivity index (χ0v) is 7.24. The van der Waals surface area contributed by atoms with Gasteiger partial charge in [0, 0.05) is 15.9 Å². The Hall–Kier alpha value is -0.0300. The van der Waals surface area contributed by atoms with Gasteiger partial charge in [-0.3, -0.25) is 10.1 Å². The molecule has 0 fully saturated rings. The topological polar surface area (TPSA) is 43.1 Å². The second kappa shape index (κ2) is 4.81. The van der Waals surface area contributed by atoms with Gasteiger partial charge in [-0.25, -0.2) is 0 Å². The van der Waals surface area contributed by atoms with Gasteiger partial charge in [-0.1, -0.05) is 6.92 Å². The van der Waals surface area contributed by atoms with Crippen LogP contribution < -0.4 is 0 Å². The zero-order valence-electron chi connectivity index (χ0n) is 4.83. The van der Waals surface area contributed by atoms with Gasteiger partial charge in [0.25, 0.3) is 0 Å². The molecule has 0 unspecified atom stereocenters. The molecular formula is C4H6BrNO2S. The van der Waals surface area contributed by atoms with Crippen molar-refractivity contribution >= 4 is 27.7 Å². The number of nitro groups is 1. The lowest BCUT2D eigenvalue weighted by Gasteiger charge is -1.84.